The van der Waals surface area contributed by atoms with Gasteiger partial charge in [0.25, 0.3) is 0 Å². The Hall–Kier alpha value is -3.65. The molecule has 0 saturated carbocycles. The SMILES string of the molecule is COc1ccc(-c2nc(COC(=O)c3cc(=O)c4ccccc4o3)cs2)cc1OC. The zero-order chi connectivity index (χ0) is 21.1. The minimum absolute atomic E-state index is 0.0425. The van der Waals surface area contributed by atoms with Gasteiger partial charge in [-0.15, -0.1) is 11.3 Å². The van der Waals surface area contributed by atoms with E-state index in [-0.39, 0.29) is 17.8 Å². The van der Waals surface area contributed by atoms with E-state index in [2.05, 4.69) is 4.98 Å². The summed E-state index contributed by atoms with van der Waals surface area (Å²) in [5.74, 6) is 0.362. The number of thiazole rings is 1. The maximum absolute atomic E-state index is 12.3. The number of ether oxygens (including phenoxy) is 3. The second kappa shape index (κ2) is 8.38. The Kier molecular flexibility index (Phi) is 5.49. The summed E-state index contributed by atoms with van der Waals surface area (Å²) >= 11 is 1.41. The van der Waals surface area contributed by atoms with Crippen molar-refractivity contribution >= 4 is 28.3 Å². The van der Waals surface area contributed by atoms with Crippen molar-refractivity contribution in [3.05, 3.63) is 75.6 Å². The number of benzene rings is 2. The largest absolute Gasteiger partial charge is 0.493 e. The van der Waals surface area contributed by atoms with Crippen LogP contribution in [0.5, 0.6) is 11.5 Å². The number of aromatic nitrogens is 1. The molecule has 152 valence electrons. The van der Waals surface area contributed by atoms with Crippen LogP contribution in [0.25, 0.3) is 21.5 Å². The second-order valence-corrected chi connectivity index (χ2v) is 7.12. The van der Waals surface area contributed by atoms with Crippen LogP contribution in [0.15, 0.2) is 63.1 Å². The smallest absolute Gasteiger partial charge is 0.374 e. The fraction of sp³-hybridized carbons (Fsp3) is 0.136. The van der Waals surface area contributed by atoms with Crippen molar-refractivity contribution in [3.63, 3.8) is 0 Å². The van der Waals surface area contributed by atoms with Crippen molar-refractivity contribution in [2.24, 2.45) is 0 Å². The molecular formula is C22H17NO6S. The third kappa shape index (κ3) is 3.90. The number of fused-ring (bicyclic) bond motifs is 1. The molecule has 2 aromatic heterocycles. The van der Waals surface area contributed by atoms with Crippen LogP contribution in [0.1, 0.15) is 16.2 Å². The van der Waals surface area contributed by atoms with E-state index in [9.17, 15) is 9.59 Å². The van der Waals surface area contributed by atoms with Gasteiger partial charge in [-0.2, -0.15) is 0 Å². The van der Waals surface area contributed by atoms with Crippen molar-refractivity contribution in [2.45, 2.75) is 6.61 Å². The average Bonchev–Trinajstić information content (AvgIpc) is 3.26. The molecule has 4 rings (SSSR count). The number of hydrogen-bond acceptors (Lipinski definition) is 8. The summed E-state index contributed by atoms with van der Waals surface area (Å²) in [5.41, 5.74) is 1.48. The Bertz CT molecular complexity index is 1280. The van der Waals surface area contributed by atoms with E-state index in [4.69, 9.17) is 18.6 Å². The van der Waals surface area contributed by atoms with E-state index in [0.29, 0.717) is 28.2 Å². The lowest BCUT2D eigenvalue weighted by atomic mass is 10.2. The summed E-state index contributed by atoms with van der Waals surface area (Å²) in [6, 6.07) is 13.4. The monoisotopic (exact) mass is 423 g/mol. The number of methoxy groups -OCH3 is 2. The van der Waals surface area contributed by atoms with Gasteiger partial charge in [-0.1, -0.05) is 12.1 Å². The molecule has 0 amide bonds. The zero-order valence-corrected chi connectivity index (χ0v) is 17.0. The van der Waals surface area contributed by atoms with Crippen LogP contribution in [-0.2, 0) is 11.3 Å². The molecule has 30 heavy (non-hydrogen) atoms. The summed E-state index contributed by atoms with van der Waals surface area (Å²) in [6.45, 7) is -0.0425. The van der Waals surface area contributed by atoms with Crippen LogP contribution in [0.3, 0.4) is 0 Å². The van der Waals surface area contributed by atoms with Gasteiger partial charge in [-0.3, -0.25) is 4.79 Å². The minimum atomic E-state index is -0.724. The molecular weight excluding hydrogens is 406 g/mol. The summed E-state index contributed by atoms with van der Waals surface area (Å²) in [5, 5.41) is 2.96. The van der Waals surface area contributed by atoms with Crippen LogP contribution in [-0.4, -0.2) is 25.2 Å². The van der Waals surface area contributed by atoms with E-state index in [0.717, 1.165) is 16.6 Å². The summed E-state index contributed by atoms with van der Waals surface area (Å²) in [6.07, 6.45) is 0. The first kappa shape index (κ1) is 19.7. The second-order valence-electron chi connectivity index (χ2n) is 6.26. The normalized spacial score (nSPS) is 10.7. The van der Waals surface area contributed by atoms with Crippen molar-refractivity contribution in [2.75, 3.05) is 14.2 Å². The van der Waals surface area contributed by atoms with Crippen molar-refractivity contribution in [3.8, 4) is 22.1 Å². The fourth-order valence-electron chi connectivity index (χ4n) is 2.89. The van der Waals surface area contributed by atoms with Crippen molar-refractivity contribution in [1.29, 1.82) is 0 Å². The van der Waals surface area contributed by atoms with Gasteiger partial charge >= 0.3 is 5.97 Å². The van der Waals surface area contributed by atoms with Crippen LogP contribution in [0, 0.1) is 0 Å². The fourth-order valence-corrected chi connectivity index (χ4v) is 3.69. The van der Waals surface area contributed by atoms with Gasteiger partial charge < -0.3 is 18.6 Å². The molecule has 2 heterocycles. The Balaban J connectivity index is 1.48. The Morgan fingerprint density at radius 1 is 1.07 bits per heavy atom. The molecule has 0 aliphatic heterocycles. The topological polar surface area (TPSA) is 87.9 Å². The first-order valence-electron chi connectivity index (χ1n) is 8.96. The molecule has 0 unspecified atom stereocenters. The highest BCUT2D eigenvalue weighted by molar-refractivity contribution is 7.13. The highest BCUT2D eigenvalue weighted by Crippen LogP contribution is 2.33. The molecule has 0 bridgehead atoms. The predicted molar refractivity (Wildman–Crippen MR) is 112 cm³/mol. The summed E-state index contributed by atoms with van der Waals surface area (Å²) < 4.78 is 21.3. The number of para-hydroxylation sites is 1. The Morgan fingerprint density at radius 3 is 2.67 bits per heavy atom. The van der Waals surface area contributed by atoms with Gasteiger partial charge in [0, 0.05) is 17.0 Å². The van der Waals surface area contributed by atoms with E-state index >= 15 is 0 Å². The average molecular weight is 423 g/mol. The lowest BCUT2D eigenvalue weighted by Gasteiger charge is -2.08. The van der Waals surface area contributed by atoms with Gasteiger partial charge in [0.1, 0.15) is 17.2 Å². The maximum atomic E-state index is 12.3. The van der Waals surface area contributed by atoms with Gasteiger partial charge in [-0.25, -0.2) is 9.78 Å². The standard InChI is InChI=1S/C22H17NO6S/c1-26-18-8-7-13(9-19(18)27-2)21-23-14(12-30-21)11-28-22(25)20-10-16(24)15-5-3-4-6-17(15)29-20/h3-10,12H,11H2,1-2H3. The highest BCUT2D eigenvalue weighted by Gasteiger charge is 2.15. The molecule has 7 nitrogen and oxygen atoms in total. The molecule has 0 radical (unpaired) electrons. The van der Waals surface area contributed by atoms with Gasteiger partial charge in [0.15, 0.2) is 16.9 Å². The number of carbonyl (C=O) groups is 1. The first-order chi connectivity index (χ1) is 14.6. The zero-order valence-electron chi connectivity index (χ0n) is 16.2. The Morgan fingerprint density at radius 2 is 1.87 bits per heavy atom. The quantitative estimate of drug-likeness (QED) is 0.428. The van der Waals surface area contributed by atoms with E-state index in [1.54, 1.807) is 49.9 Å². The van der Waals surface area contributed by atoms with Crippen LogP contribution < -0.4 is 14.9 Å². The molecule has 2 aromatic carbocycles. The molecule has 0 N–H and O–H groups in total. The molecule has 0 saturated heterocycles. The molecule has 0 aliphatic carbocycles. The third-order valence-electron chi connectivity index (χ3n) is 4.37. The lowest BCUT2D eigenvalue weighted by Crippen LogP contribution is -2.10. The molecule has 0 aliphatic rings. The van der Waals surface area contributed by atoms with E-state index < -0.39 is 5.97 Å². The summed E-state index contributed by atoms with van der Waals surface area (Å²) in [4.78, 5) is 29.0. The number of carbonyl (C=O) groups excluding carboxylic acids is 1. The molecule has 0 spiro atoms. The van der Waals surface area contributed by atoms with E-state index in [1.165, 1.54) is 11.3 Å². The highest BCUT2D eigenvalue weighted by atomic mass is 32.1. The number of nitrogens with zero attached hydrogens (tertiary/aromatic N) is 1. The van der Waals surface area contributed by atoms with Crippen LogP contribution in [0.4, 0.5) is 0 Å². The lowest BCUT2D eigenvalue weighted by molar-refractivity contribution is 0.0432. The molecule has 0 fully saturated rings. The van der Waals surface area contributed by atoms with Gasteiger partial charge in [0.05, 0.1) is 25.3 Å². The number of esters is 1. The Labute approximate surface area is 175 Å². The third-order valence-corrected chi connectivity index (χ3v) is 5.31. The molecule has 8 heteroatoms. The number of rotatable bonds is 6. The van der Waals surface area contributed by atoms with Crippen LogP contribution in [0.2, 0.25) is 0 Å². The van der Waals surface area contributed by atoms with Crippen molar-refractivity contribution < 1.29 is 23.4 Å². The van der Waals surface area contributed by atoms with Crippen LogP contribution >= 0.6 is 11.3 Å². The maximum Gasteiger partial charge on any atom is 0.374 e. The van der Waals surface area contributed by atoms with E-state index in [1.807, 2.05) is 12.1 Å². The van der Waals surface area contributed by atoms with Gasteiger partial charge in [-0.05, 0) is 30.3 Å². The minimum Gasteiger partial charge on any atom is -0.493 e. The first-order valence-corrected chi connectivity index (χ1v) is 9.84. The molecule has 0 atom stereocenters. The van der Waals surface area contributed by atoms with Gasteiger partial charge in [0.2, 0.25) is 5.76 Å². The van der Waals surface area contributed by atoms with Crippen molar-refractivity contribution in [1.82, 2.24) is 4.98 Å². The predicted octanol–water partition coefficient (Wildman–Crippen LogP) is 4.29. The summed E-state index contributed by atoms with van der Waals surface area (Å²) in [7, 11) is 3.14. The number of hydrogen-bond donors (Lipinski definition) is 0. The molecule has 4 aromatic rings.